The molecule has 0 radical (unpaired) electrons. The lowest BCUT2D eigenvalue weighted by Gasteiger charge is -2.36. The molecule has 0 saturated carbocycles. The molecular weight excluding hydrogens is 332 g/mol. The normalized spacial score (nSPS) is 15.6. The van der Waals surface area contributed by atoms with Crippen LogP contribution in [-0.2, 0) is 11.3 Å². The first-order chi connectivity index (χ1) is 12.6. The first-order valence-corrected chi connectivity index (χ1v) is 8.78. The number of ether oxygens (including phenoxy) is 1. The lowest BCUT2D eigenvalue weighted by atomic mass is 10.1. The second-order valence-electron chi connectivity index (χ2n) is 6.48. The molecule has 0 unspecified atom stereocenters. The minimum atomic E-state index is -0.140. The lowest BCUT2D eigenvalue weighted by Crippen LogP contribution is -2.52. The molecule has 1 aromatic carbocycles. The molecule has 0 N–H and O–H groups in total. The fourth-order valence-electron chi connectivity index (χ4n) is 3.12. The highest BCUT2D eigenvalue weighted by Gasteiger charge is 2.27. The van der Waals surface area contributed by atoms with Gasteiger partial charge in [0, 0.05) is 44.1 Å². The fourth-order valence-corrected chi connectivity index (χ4v) is 3.12. The van der Waals surface area contributed by atoms with E-state index in [-0.39, 0.29) is 17.7 Å². The van der Waals surface area contributed by atoms with E-state index in [1.54, 1.807) is 47.2 Å². The molecule has 3 rings (SSSR count). The first-order valence-electron chi connectivity index (χ1n) is 8.78. The van der Waals surface area contributed by atoms with Gasteiger partial charge in [0.15, 0.2) is 0 Å². The molecule has 2 heterocycles. The molecule has 26 heavy (non-hydrogen) atoms. The van der Waals surface area contributed by atoms with Gasteiger partial charge >= 0.3 is 0 Å². The van der Waals surface area contributed by atoms with Crippen LogP contribution >= 0.6 is 0 Å². The molecule has 0 spiro atoms. The Bertz CT molecular complexity index is 735. The Hall–Kier alpha value is -2.83. The summed E-state index contributed by atoms with van der Waals surface area (Å²) in [6, 6.07) is 8.95. The topological polar surface area (TPSA) is 67.7 Å². The minimum absolute atomic E-state index is 0.00987. The van der Waals surface area contributed by atoms with Crippen LogP contribution in [0.2, 0.25) is 0 Å². The highest BCUT2D eigenvalue weighted by Crippen LogP contribution is 2.15. The fraction of sp³-hybridized carbons (Fsp3) is 0.421. The van der Waals surface area contributed by atoms with Gasteiger partial charge in [-0.2, -0.15) is 5.10 Å². The zero-order valence-corrected chi connectivity index (χ0v) is 15.2. The third kappa shape index (κ3) is 4.04. The molecule has 7 nitrogen and oxygen atoms in total. The van der Waals surface area contributed by atoms with E-state index >= 15 is 0 Å². The maximum Gasteiger partial charge on any atom is 0.253 e. The van der Waals surface area contributed by atoms with Crippen molar-refractivity contribution in [3.8, 4) is 5.75 Å². The number of amides is 2. The van der Waals surface area contributed by atoms with Crippen LogP contribution in [0.1, 0.15) is 17.3 Å². The molecule has 2 amide bonds. The number of carbonyl (C=O) groups excluding carboxylic acids is 2. The molecule has 1 aliphatic heterocycles. The Morgan fingerprint density at radius 3 is 2.35 bits per heavy atom. The van der Waals surface area contributed by atoms with Crippen molar-refractivity contribution < 1.29 is 14.3 Å². The van der Waals surface area contributed by atoms with E-state index < -0.39 is 0 Å². The Morgan fingerprint density at radius 1 is 1.12 bits per heavy atom. The largest absolute Gasteiger partial charge is 0.497 e. The number of carbonyl (C=O) groups is 2. The van der Waals surface area contributed by atoms with Crippen LogP contribution in [0.15, 0.2) is 42.7 Å². The summed E-state index contributed by atoms with van der Waals surface area (Å²) in [6.07, 6.45) is 3.57. The average molecular weight is 356 g/mol. The predicted molar refractivity (Wildman–Crippen MR) is 96.9 cm³/mol. The molecule has 0 bridgehead atoms. The SMILES string of the molecule is COc1ccc(C(=O)N2CCN(C(=O)[C@@H](C)Cn3cccn3)CC2)cc1. The quantitative estimate of drug-likeness (QED) is 0.814. The Labute approximate surface area is 153 Å². The van der Waals surface area contributed by atoms with Gasteiger partial charge in [0.1, 0.15) is 5.75 Å². The van der Waals surface area contributed by atoms with Crippen molar-refractivity contribution in [2.45, 2.75) is 13.5 Å². The molecule has 1 saturated heterocycles. The molecule has 0 aliphatic carbocycles. The van der Waals surface area contributed by atoms with Crippen LogP contribution in [0.3, 0.4) is 0 Å². The summed E-state index contributed by atoms with van der Waals surface area (Å²) in [4.78, 5) is 28.8. The zero-order chi connectivity index (χ0) is 18.5. The van der Waals surface area contributed by atoms with E-state index in [2.05, 4.69) is 5.10 Å². The number of nitrogens with zero attached hydrogens (tertiary/aromatic N) is 4. The maximum atomic E-state index is 12.6. The summed E-state index contributed by atoms with van der Waals surface area (Å²) in [7, 11) is 1.60. The Morgan fingerprint density at radius 2 is 1.77 bits per heavy atom. The van der Waals surface area contributed by atoms with Crippen LogP contribution in [0.25, 0.3) is 0 Å². The number of benzene rings is 1. The summed E-state index contributed by atoms with van der Waals surface area (Å²) < 4.78 is 6.89. The third-order valence-corrected chi connectivity index (χ3v) is 4.66. The number of aromatic nitrogens is 2. The number of hydrogen-bond donors (Lipinski definition) is 0. The molecular formula is C19H24N4O3. The molecule has 1 aliphatic rings. The van der Waals surface area contributed by atoms with E-state index in [0.29, 0.717) is 38.3 Å². The van der Waals surface area contributed by atoms with Crippen LogP contribution < -0.4 is 4.74 Å². The summed E-state index contributed by atoms with van der Waals surface area (Å²) >= 11 is 0. The average Bonchev–Trinajstić information content (AvgIpc) is 3.20. The monoisotopic (exact) mass is 356 g/mol. The second kappa shape index (κ2) is 8.03. The zero-order valence-electron chi connectivity index (χ0n) is 15.2. The molecule has 2 aromatic rings. The molecule has 7 heteroatoms. The number of piperazine rings is 1. The van der Waals surface area contributed by atoms with Crippen LogP contribution in [0, 0.1) is 5.92 Å². The number of rotatable bonds is 5. The summed E-state index contributed by atoms with van der Waals surface area (Å²) in [5, 5.41) is 4.15. The smallest absolute Gasteiger partial charge is 0.253 e. The van der Waals surface area contributed by atoms with E-state index in [4.69, 9.17) is 4.74 Å². The Kier molecular flexibility index (Phi) is 5.55. The van der Waals surface area contributed by atoms with Crippen molar-refractivity contribution >= 4 is 11.8 Å². The van der Waals surface area contributed by atoms with Gasteiger partial charge < -0.3 is 14.5 Å². The van der Waals surface area contributed by atoms with Crippen LogP contribution in [0.5, 0.6) is 5.75 Å². The minimum Gasteiger partial charge on any atom is -0.497 e. The molecule has 1 aromatic heterocycles. The third-order valence-electron chi connectivity index (χ3n) is 4.66. The van der Waals surface area contributed by atoms with Gasteiger partial charge in [-0.3, -0.25) is 14.3 Å². The van der Waals surface area contributed by atoms with Crippen molar-refractivity contribution in [3.05, 3.63) is 48.3 Å². The maximum absolute atomic E-state index is 12.6. The van der Waals surface area contributed by atoms with Crippen LogP contribution in [0.4, 0.5) is 0 Å². The van der Waals surface area contributed by atoms with Crippen molar-refractivity contribution in [2.75, 3.05) is 33.3 Å². The van der Waals surface area contributed by atoms with Gasteiger partial charge in [-0.05, 0) is 30.3 Å². The van der Waals surface area contributed by atoms with Gasteiger partial charge in [-0.1, -0.05) is 6.92 Å². The summed E-state index contributed by atoms with van der Waals surface area (Å²) in [6.45, 7) is 4.69. The summed E-state index contributed by atoms with van der Waals surface area (Å²) in [5.74, 6) is 0.684. The lowest BCUT2D eigenvalue weighted by molar-refractivity contribution is -0.137. The van der Waals surface area contributed by atoms with Gasteiger partial charge in [0.25, 0.3) is 5.91 Å². The van der Waals surface area contributed by atoms with E-state index in [1.807, 2.05) is 24.1 Å². The highest BCUT2D eigenvalue weighted by molar-refractivity contribution is 5.94. The second-order valence-corrected chi connectivity index (χ2v) is 6.48. The Balaban J connectivity index is 1.52. The van der Waals surface area contributed by atoms with Crippen molar-refractivity contribution in [3.63, 3.8) is 0 Å². The standard InChI is InChI=1S/C19H24N4O3/c1-15(14-23-9-3-8-20-23)18(24)21-10-12-22(13-11-21)19(25)16-4-6-17(26-2)7-5-16/h3-9,15H,10-14H2,1-2H3/t15-/m0/s1. The number of methoxy groups -OCH3 is 1. The predicted octanol–water partition coefficient (Wildman–Crippen LogP) is 1.51. The summed E-state index contributed by atoms with van der Waals surface area (Å²) in [5.41, 5.74) is 0.637. The van der Waals surface area contributed by atoms with Gasteiger partial charge in [0.2, 0.25) is 5.91 Å². The van der Waals surface area contributed by atoms with Crippen molar-refractivity contribution in [1.82, 2.24) is 19.6 Å². The van der Waals surface area contributed by atoms with Gasteiger partial charge in [-0.25, -0.2) is 0 Å². The van der Waals surface area contributed by atoms with Crippen LogP contribution in [-0.4, -0.2) is 64.7 Å². The van der Waals surface area contributed by atoms with Crippen molar-refractivity contribution in [1.29, 1.82) is 0 Å². The molecule has 1 fully saturated rings. The van der Waals surface area contributed by atoms with E-state index in [1.165, 1.54) is 0 Å². The van der Waals surface area contributed by atoms with E-state index in [0.717, 1.165) is 5.75 Å². The van der Waals surface area contributed by atoms with Gasteiger partial charge in [0.05, 0.1) is 19.6 Å². The van der Waals surface area contributed by atoms with Crippen molar-refractivity contribution in [2.24, 2.45) is 5.92 Å². The molecule has 1 atom stereocenters. The van der Waals surface area contributed by atoms with Gasteiger partial charge in [-0.15, -0.1) is 0 Å². The van der Waals surface area contributed by atoms with E-state index in [9.17, 15) is 9.59 Å². The highest BCUT2D eigenvalue weighted by atomic mass is 16.5. The first kappa shape index (κ1) is 18.0. The number of hydrogen-bond acceptors (Lipinski definition) is 4. The molecule has 138 valence electrons.